The Hall–Kier alpha value is -2.72. The van der Waals surface area contributed by atoms with Crippen molar-refractivity contribution in [2.24, 2.45) is 0 Å². The summed E-state index contributed by atoms with van der Waals surface area (Å²) in [4.78, 5) is 28.6. The summed E-state index contributed by atoms with van der Waals surface area (Å²) in [6, 6.07) is 24.0. The number of hydrogen-bond acceptors (Lipinski definition) is 3. The number of rotatable bonds is 3. The van der Waals surface area contributed by atoms with Crippen LogP contribution >= 0.6 is 15.9 Å². The van der Waals surface area contributed by atoms with Gasteiger partial charge in [0.2, 0.25) is 0 Å². The predicted octanol–water partition coefficient (Wildman–Crippen LogP) is 4.61. The number of benzene rings is 3. The molecule has 0 bridgehead atoms. The summed E-state index contributed by atoms with van der Waals surface area (Å²) in [6.07, 6.45) is 0. The first-order chi connectivity index (χ1) is 12.7. The molecule has 1 fully saturated rings. The van der Waals surface area contributed by atoms with Crippen molar-refractivity contribution >= 4 is 33.2 Å². The molecule has 2 aliphatic heterocycles. The first-order valence-corrected chi connectivity index (χ1v) is 9.23. The zero-order chi connectivity index (χ0) is 17.9. The molecule has 4 heteroatoms. The van der Waals surface area contributed by atoms with Crippen LogP contribution in [0.25, 0.3) is 0 Å². The molecule has 2 atom stereocenters. The molecule has 2 heterocycles. The van der Waals surface area contributed by atoms with Crippen LogP contribution < -0.4 is 4.90 Å². The SMILES string of the molecule is O=C(c1ccc(Br)cc1)[C@H]1N2c3ccccc3C(=O)[C@]12c1ccccc1. The van der Waals surface area contributed by atoms with Gasteiger partial charge in [-0.15, -0.1) is 0 Å². The van der Waals surface area contributed by atoms with Crippen LogP contribution in [-0.4, -0.2) is 17.6 Å². The van der Waals surface area contributed by atoms with Gasteiger partial charge in [-0.2, -0.15) is 0 Å². The van der Waals surface area contributed by atoms with Crippen LogP contribution in [0.2, 0.25) is 0 Å². The van der Waals surface area contributed by atoms with Crippen LogP contribution in [0, 0.1) is 0 Å². The minimum absolute atomic E-state index is 0.00904. The average Bonchev–Trinajstić information content (AvgIpc) is 3.32. The fraction of sp³-hybridized carbons (Fsp3) is 0.0909. The van der Waals surface area contributed by atoms with Gasteiger partial charge in [0.1, 0.15) is 6.04 Å². The molecule has 1 saturated heterocycles. The van der Waals surface area contributed by atoms with E-state index in [4.69, 9.17) is 0 Å². The van der Waals surface area contributed by atoms with Gasteiger partial charge in [-0.25, -0.2) is 0 Å². The highest BCUT2D eigenvalue weighted by atomic mass is 79.9. The van der Waals surface area contributed by atoms with Gasteiger partial charge in [-0.3, -0.25) is 9.59 Å². The molecule has 3 nitrogen and oxygen atoms in total. The van der Waals surface area contributed by atoms with E-state index in [0.717, 1.165) is 15.7 Å². The lowest BCUT2D eigenvalue weighted by Crippen LogP contribution is -2.27. The van der Waals surface area contributed by atoms with Crippen molar-refractivity contribution in [2.45, 2.75) is 11.6 Å². The Balaban J connectivity index is 1.66. The predicted molar refractivity (Wildman–Crippen MR) is 104 cm³/mol. The zero-order valence-corrected chi connectivity index (χ0v) is 15.3. The number of halogens is 1. The van der Waals surface area contributed by atoms with Gasteiger partial charge < -0.3 is 4.90 Å². The van der Waals surface area contributed by atoms with Crippen LogP contribution in [0.3, 0.4) is 0 Å². The quantitative estimate of drug-likeness (QED) is 0.473. The normalized spacial score (nSPS) is 22.7. The summed E-state index contributed by atoms with van der Waals surface area (Å²) in [5.74, 6) is -0.0148. The van der Waals surface area contributed by atoms with Crippen LogP contribution in [0.15, 0.2) is 83.3 Å². The van der Waals surface area contributed by atoms with E-state index in [1.54, 1.807) is 12.1 Å². The van der Waals surface area contributed by atoms with Crippen molar-refractivity contribution in [2.75, 3.05) is 4.90 Å². The van der Waals surface area contributed by atoms with Crippen molar-refractivity contribution in [1.29, 1.82) is 0 Å². The topological polar surface area (TPSA) is 37.1 Å². The summed E-state index contributed by atoms with van der Waals surface area (Å²) in [7, 11) is 0. The van der Waals surface area contributed by atoms with Gasteiger partial charge in [-0.1, -0.05) is 70.5 Å². The Morgan fingerprint density at radius 1 is 0.885 bits per heavy atom. The Morgan fingerprint density at radius 3 is 2.27 bits per heavy atom. The molecular weight excluding hydrogens is 390 g/mol. The number of ketones is 2. The lowest BCUT2D eigenvalue weighted by molar-refractivity contribution is 0.0910. The Bertz CT molecular complexity index is 1050. The largest absolute Gasteiger partial charge is 0.338 e. The molecule has 0 saturated carbocycles. The van der Waals surface area contributed by atoms with Gasteiger partial charge in [0.15, 0.2) is 17.1 Å². The third kappa shape index (κ3) is 1.88. The van der Waals surface area contributed by atoms with Gasteiger partial charge >= 0.3 is 0 Å². The van der Waals surface area contributed by atoms with E-state index in [0.29, 0.717) is 11.1 Å². The molecule has 5 rings (SSSR count). The Labute approximate surface area is 159 Å². The first kappa shape index (κ1) is 15.5. The molecule has 0 radical (unpaired) electrons. The third-order valence-electron chi connectivity index (χ3n) is 5.31. The van der Waals surface area contributed by atoms with E-state index in [9.17, 15) is 9.59 Å². The van der Waals surface area contributed by atoms with Gasteiger partial charge in [0.25, 0.3) is 0 Å². The molecule has 3 aromatic rings. The standard InChI is InChI=1S/C22H14BrNO2/c23-16-12-10-14(11-13-16)19(25)20-22(15-6-2-1-3-7-15)21(26)17-8-4-5-9-18(17)24(20)22/h1-13,20H/t20-,22+,24?/m1/s1. The maximum Gasteiger partial charge on any atom is 0.197 e. The molecule has 0 unspecified atom stereocenters. The minimum Gasteiger partial charge on any atom is -0.338 e. The van der Waals surface area contributed by atoms with Gasteiger partial charge in [0.05, 0.1) is 0 Å². The number of hydrogen-bond donors (Lipinski definition) is 0. The van der Waals surface area contributed by atoms with Crippen molar-refractivity contribution in [1.82, 2.24) is 0 Å². The summed E-state index contributed by atoms with van der Waals surface area (Å²) in [6.45, 7) is 0. The number of anilines is 1. The molecule has 2 aliphatic rings. The number of fused-ring (bicyclic) bond motifs is 3. The molecule has 0 spiro atoms. The number of carbonyl (C=O) groups is 2. The summed E-state index contributed by atoms with van der Waals surface area (Å²) in [5, 5.41) is 0. The molecule has 126 valence electrons. The van der Waals surface area contributed by atoms with Crippen LogP contribution in [0.5, 0.6) is 0 Å². The second-order valence-corrected chi connectivity index (χ2v) is 7.54. The number of nitrogens with zero attached hydrogens (tertiary/aromatic N) is 1. The molecule has 0 aliphatic carbocycles. The lowest BCUT2D eigenvalue weighted by atomic mass is 9.85. The molecular formula is C22H14BrNO2. The number of Topliss-reactive ketones (excluding diaryl/α,β-unsaturated/α-hetero) is 2. The highest BCUT2D eigenvalue weighted by molar-refractivity contribution is 9.10. The van der Waals surface area contributed by atoms with Crippen LogP contribution in [-0.2, 0) is 5.54 Å². The Kier molecular flexibility index (Phi) is 3.22. The van der Waals surface area contributed by atoms with Crippen molar-refractivity contribution < 1.29 is 9.59 Å². The van der Waals surface area contributed by atoms with E-state index in [1.165, 1.54) is 0 Å². The summed E-state index contributed by atoms with van der Waals surface area (Å²) < 4.78 is 0.921. The van der Waals surface area contributed by atoms with E-state index in [1.807, 2.05) is 71.6 Å². The molecule has 0 amide bonds. The third-order valence-corrected chi connectivity index (χ3v) is 5.84. The monoisotopic (exact) mass is 403 g/mol. The summed E-state index contributed by atoms with van der Waals surface area (Å²) >= 11 is 3.40. The number of para-hydroxylation sites is 1. The van der Waals surface area contributed by atoms with Crippen LogP contribution in [0.4, 0.5) is 5.69 Å². The van der Waals surface area contributed by atoms with Gasteiger partial charge in [0, 0.05) is 21.3 Å². The summed E-state index contributed by atoms with van der Waals surface area (Å²) in [5.41, 5.74) is 2.12. The number of carbonyl (C=O) groups excluding carboxylic acids is 2. The maximum absolute atomic E-state index is 13.4. The van der Waals surface area contributed by atoms with Crippen molar-refractivity contribution in [3.63, 3.8) is 0 Å². The highest BCUT2D eigenvalue weighted by Gasteiger charge is 2.75. The zero-order valence-electron chi connectivity index (χ0n) is 13.7. The lowest BCUT2D eigenvalue weighted by Gasteiger charge is -2.11. The van der Waals surface area contributed by atoms with Crippen LogP contribution in [0.1, 0.15) is 26.3 Å². The molecule has 3 aromatic carbocycles. The maximum atomic E-state index is 13.4. The minimum atomic E-state index is -0.908. The first-order valence-electron chi connectivity index (χ1n) is 8.44. The molecule has 0 N–H and O–H groups in total. The Morgan fingerprint density at radius 2 is 1.54 bits per heavy atom. The second-order valence-electron chi connectivity index (χ2n) is 6.62. The van der Waals surface area contributed by atoms with E-state index < -0.39 is 11.6 Å². The van der Waals surface area contributed by atoms with E-state index in [2.05, 4.69) is 15.9 Å². The fourth-order valence-electron chi connectivity index (χ4n) is 4.14. The second kappa shape index (κ2) is 5.39. The van der Waals surface area contributed by atoms with Crippen molar-refractivity contribution in [3.8, 4) is 0 Å². The molecule has 0 aromatic heterocycles. The van der Waals surface area contributed by atoms with E-state index >= 15 is 0 Å². The fourth-order valence-corrected chi connectivity index (χ4v) is 4.40. The average molecular weight is 404 g/mol. The van der Waals surface area contributed by atoms with Crippen molar-refractivity contribution in [3.05, 3.63) is 100 Å². The smallest absolute Gasteiger partial charge is 0.197 e. The highest BCUT2D eigenvalue weighted by Crippen LogP contribution is 2.61. The van der Waals surface area contributed by atoms with Gasteiger partial charge in [-0.05, 0) is 29.8 Å². The van der Waals surface area contributed by atoms with E-state index in [-0.39, 0.29) is 11.6 Å². The molecule has 26 heavy (non-hydrogen) atoms.